The van der Waals surface area contributed by atoms with Crippen LogP contribution in [0.3, 0.4) is 0 Å². The van der Waals surface area contributed by atoms with Crippen molar-refractivity contribution in [3.8, 4) is 23.0 Å². The summed E-state index contributed by atoms with van der Waals surface area (Å²) < 4.78 is 59.7. The van der Waals surface area contributed by atoms with E-state index < -0.39 is 17.8 Å². The van der Waals surface area contributed by atoms with Gasteiger partial charge in [0, 0.05) is 72.3 Å². The average Bonchev–Trinajstić information content (AvgIpc) is 3.11. The molecule has 1 saturated heterocycles. The van der Waals surface area contributed by atoms with Gasteiger partial charge in [-0.1, -0.05) is 6.07 Å². The van der Waals surface area contributed by atoms with Crippen LogP contribution in [0.5, 0.6) is 23.0 Å². The number of anilines is 3. The summed E-state index contributed by atoms with van der Waals surface area (Å²) in [6, 6.07) is 17.8. The van der Waals surface area contributed by atoms with Crippen LogP contribution in [0.1, 0.15) is 28.8 Å². The molecule has 3 amide bonds. The SMILES string of the molecule is COc1cc2nccc(Oc3cccc(NC(=O)Nc4ccc(N5CCC(NC(=O)c6cccnc6)CC5)c(C(F)(F)F)c4)c3)c2cc1OC. The number of carbonyl (C=O) groups excluding carboxylic acids is 2. The number of amides is 3. The van der Waals surface area contributed by atoms with E-state index in [4.69, 9.17) is 14.2 Å². The first-order valence-corrected chi connectivity index (χ1v) is 15.6. The number of fused-ring (bicyclic) bond motifs is 1. The monoisotopic (exact) mass is 686 g/mol. The number of halogens is 3. The van der Waals surface area contributed by atoms with Crippen molar-refractivity contribution in [3.05, 3.63) is 103 Å². The van der Waals surface area contributed by atoms with Gasteiger partial charge in [0.25, 0.3) is 5.91 Å². The molecule has 14 heteroatoms. The Morgan fingerprint density at radius 1 is 0.840 bits per heavy atom. The van der Waals surface area contributed by atoms with Gasteiger partial charge >= 0.3 is 12.2 Å². The molecule has 6 rings (SSSR count). The molecule has 50 heavy (non-hydrogen) atoms. The summed E-state index contributed by atoms with van der Waals surface area (Å²) in [5, 5.41) is 8.74. The highest BCUT2D eigenvalue weighted by Crippen LogP contribution is 2.40. The summed E-state index contributed by atoms with van der Waals surface area (Å²) in [4.78, 5) is 35.4. The van der Waals surface area contributed by atoms with E-state index in [1.54, 1.807) is 71.9 Å². The van der Waals surface area contributed by atoms with Gasteiger partial charge in [-0.15, -0.1) is 0 Å². The van der Waals surface area contributed by atoms with E-state index in [1.807, 2.05) is 0 Å². The van der Waals surface area contributed by atoms with E-state index in [-0.39, 0.29) is 23.3 Å². The fraction of sp³-hybridized carbons (Fsp3) is 0.222. The molecule has 0 atom stereocenters. The lowest BCUT2D eigenvalue weighted by Gasteiger charge is -2.35. The summed E-state index contributed by atoms with van der Waals surface area (Å²) in [5.74, 6) is 1.62. The zero-order valence-corrected chi connectivity index (χ0v) is 27.1. The molecular formula is C36H33F3N6O5. The summed E-state index contributed by atoms with van der Waals surface area (Å²) in [5.41, 5.74) is 0.491. The first kappa shape index (κ1) is 33.8. The van der Waals surface area contributed by atoms with Gasteiger partial charge in [0.2, 0.25) is 0 Å². The maximum absolute atomic E-state index is 14.3. The second-order valence-electron chi connectivity index (χ2n) is 11.4. The smallest absolute Gasteiger partial charge is 0.418 e. The van der Waals surface area contributed by atoms with E-state index in [0.29, 0.717) is 71.1 Å². The van der Waals surface area contributed by atoms with Crippen LogP contribution in [0.2, 0.25) is 0 Å². The van der Waals surface area contributed by atoms with E-state index in [2.05, 4.69) is 25.9 Å². The lowest BCUT2D eigenvalue weighted by atomic mass is 10.0. The lowest BCUT2D eigenvalue weighted by Crippen LogP contribution is -2.45. The molecule has 0 radical (unpaired) electrons. The number of nitrogens with zero attached hydrogens (tertiary/aromatic N) is 3. The molecule has 0 unspecified atom stereocenters. The maximum Gasteiger partial charge on any atom is 0.418 e. The number of ether oxygens (including phenoxy) is 3. The molecule has 0 aliphatic carbocycles. The molecule has 3 heterocycles. The number of methoxy groups -OCH3 is 2. The number of aromatic nitrogens is 2. The Labute approximate surface area is 285 Å². The summed E-state index contributed by atoms with van der Waals surface area (Å²) >= 11 is 0. The molecule has 0 spiro atoms. The normalized spacial score (nSPS) is 13.4. The van der Waals surface area contributed by atoms with E-state index in [9.17, 15) is 22.8 Å². The van der Waals surface area contributed by atoms with Gasteiger partial charge in [0.1, 0.15) is 11.5 Å². The molecule has 5 aromatic rings. The second kappa shape index (κ2) is 14.6. The minimum absolute atomic E-state index is 0.00467. The second-order valence-corrected chi connectivity index (χ2v) is 11.4. The van der Waals surface area contributed by atoms with Gasteiger partial charge in [-0.05, 0) is 67.4 Å². The largest absolute Gasteiger partial charge is 0.493 e. The molecule has 2 aromatic heterocycles. The summed E-state index contributed by atoms with van der Waals surface area (Å²) in [6.45, 7) is 0.619. The Bertz CT molecular complexity index is 2000. The van der Waals surface area contributed by atoms with Crippen molar-refractivity contribution in [1.82, 2.24) is 15.3 Å². The molecule has 11 nitrogen and oxygen atoms in total. The zero-order chi connectivity index (χ0) is 35.3. The predicted octanol–water partition coefficient (Wildman–Crippen LogP) is 7.50. The van der Waals surface area contributed by atoms with Crippen molar-refractivity contribution in [1.29, 1.82) is 0 Å². The van der Waals surface area contributed by atoms with Crippen molar-refractivity contribution < 1.29 is 37.0 Å². The van der Waals surface area contributed by atoms with Gasteiger partial charge in [-0.2, -0.15) is 13.2 Å². The van der Waals surface area contributed by atoms with Gasteiger partial charge < -0.3 is 35.1 Å². The van der Waals surface area contributed by atoms with Gasteiger partial charge in [-0.3, -0.25) is 14.8 Å². The Balaban J connectivity index is 1.10. The van der Waals surface area contributed by atoms with Crippen LogP contribution in [0.15, 0.2) is 91.4 Å². The Morgan fingerprint density at radius 3 is 2.28 bits per heavy atom. The number of nitrogens with one attached hydrogen (secondary N) is 3. The highest BCUT2D eigenvalue weighted by Gasteiger charge is 2.36. The van der Waals surface area contributed by atoms with Crippen molar-refractivity contribution in [2.75, 3.05) is 42.8 Å². The molecule has 0 bridgehead atoms. The van der Waals surface area contributed by atoms with Crippen molar-refractivity contribution in [2.24, 2.45) is 0 Å². The molecule has 3 N–H and O–H groups in total. The van der Waals surface area contributed by atoms with Crippen LogP contribution in [-0.2, 0) is 6.18 Å². The average molecular weight is 687 g/mol. The van der Waals surface area contributed by atoms with Gasteiger partial charge in [0.05, 0.1) is 30.9 Å². The van der Waals surface area contributed by atoms with Crippen LogP contribution in [-0.4, -0.2) is 55.3 Å². The maximum atomic E-state index is 14.3. The third kappa shape index (κ3) is 7.80. The van der Waals surface area contributed by atoms with Crippen LogP contribution in [0.4, 0.5) is 35.0 Å². The van der Waals surface area contributed by atoms with Gasteiger partial charge in [0.15, 0.2) is 11.5 Å². The lowest BCUT2D eigenvalue weighted by molar-refractivity contribution is -0.137. The van der Waals surface area contributed by atoms with Crippen molar-refractivity contribution >= 4 is 39.9 Å². The van der Waals surface area contributed by atoms with Crippen LogP contribution in [0.25, 0.3) is 10.9 Å². The van der Waals surface area contributed by atoms with Crippen LogP contribution < -0.4 is 35.1 Å². The van der Waals surface area contributed by atoms with Crippen LogP contribution >= 0.6 is 0 Å². The van der Waals surface area contributed by atoms with Gasteiger partial charge in [-0.25, -0.2) is 4.79 Å². The number of benzene rings is 3. The third-order valence-electron chi connectivity index (χ3n) is 8.18. The third-order valence-corrected chi connectivity index (χ3v) is 8.18. The van der Waals surface area contributed by atoms with Crippen molar-refractivity contribution in [2.45, 2.75) is 25.1 Å². The number of rotatable bonds is 9. The fourth-order valence-corrected chi connectivity index (χ4v) is 5.74. The highest BCUT2D eigenvalue weighted by molar-refractivity contribution is 6.00. The quantitative estimate of drug-likeness (QED) is 0.146. The molecule has 3 aromatic carbocycles. The Morgan fingerprint density at radius 2 is 1.58 bits per heavy atom. The standard InChI is InChI=1S/C36H33F3N6O5/c1-48-32-19-27-29(20-33(32)49-2)41-14-10-31(27)50-26-7-3-6-24(17-26)43-35(47)44-25-8-9-30(28(18-25)36(37,38)39)45-15-11-23(12-16-45)42-34(46)22-5-4-13-40-21-22/h3-10,13-14,17-21,23H,11-12,15-16H2,1-2H3,(H,42,46)(H2,43,44,47). The summed E-state index contributed by atoms with van der Waals surface area (Å²) in [7, 11) is 3.06. The van der Waals surface area contributed by atoms with E-state index in [0.717, 1.165) is 6.07 Å². The first-order valence-electron chi connectivity index (χ1n) is 15.6. The number of alkyl halides is 3. The predicted molar refractivity (Wildman–Crippen MR) is 182 cm³/mol. The first-order chi connectivity index (χ1) is 24.1. The number of hydrogen-bond acceptors (Lipinski definition) is 8. The molecule has 0 saturated carbocycles. The minimum atomic E-state index is -4.67. The number of carbonyl (C=O) groups is 2. The molecule has 1 fully saturated rings. The highest BCUT2D eigenvalue weighted by atomic mass is 19.4. The fourth-order valence-electron chi connectivity index (χ4n) is 5.74. The molecule has 258 valence electrons. The number of pyridine rings is 2. The zero-order valence-electron chi connectivity index (χ0n) is 27.1. The van der Waals surface area contributed by atoms with E-state index >= 15 is 0 Å². The number of hydrogen-bond donors (Lipinski definition) is 3. The van der Waals surface area contributed by atoms with E-state index in [1.165, 1.54) is 32.5 Å². The minimum Gasteiger partial charge on any atom is -0.493 e. The Hall–Kier alpha value is -6.05. The topological polar surface area (TPSA) is 127 Å². The number of urea groups is 1. The molecule has 1 aliphatic rings. The Kier molecular flexibility index (Phi) is 9.88. The summed E-state index contributed by atoms with van der Waals surface area (Å²) in [6.07, 6.45) is 0.879. The molecule has 1 aliphatic heterocycles. The molecular weight excluding hydrogens is 653 g/mol. The van der Waals surface area contributed by atoms with Crippen LogP contribution in [0, 0.1) is 0 Å². The van der Waals surface area contributed by atoms with Crippen molar-refractivity contribution in [3.63, 3.8) is 0 Å². The number of piperidine rings is 1.